The van der Waals surface area contributed by atoms with Crippen LogP contribution in [0.5, 0.6) is 5.75 Å². The number of benzene rings is 1. The number of carbonyl (C=O) groups is 1. The van der Waals surface area contributed by atoms with Crippen LogP contribution < -0.4 is 15.4 Å². The largest absolute Gasteiger partial charge is 0.497 e. The van der Waals surface area contributed by atoms with Crippen molar-refractivity contribution in [3.8, 4) is 5.75 Å². The van der Waals surface area contributed by atoms with E-state index in [0.29, 0.717) is 5.92 Å². The Hall–Kier alpha value is -1.55. The molecule has 1 aromatic carbocycles. The van der Waals surface area contributed by atoms with Crippen LogP contribution in [-0.4, -0.2) is 32.7 Å². The number of carbonyl (C=O) groups excluding carboxylic acids is 1. The van der Waals surface area contributed by atoms with Gasteiger partial charge < -0.3 is 15.4 Å². The van der Waals surface area contributed by atoms with Gasteiger partial charge in [-0.15, -0.1) is 0 Å². The van der Waals surface area contributed by atoms with E-state index in [2.05, 4.69) is 30.5 Å². The van der Waals surface area contributed by atoms with Gasteiger partial charge in [0.25, 0.3) is 0 Å². The average Bonchev–Trinajstić information content (AvgIpc) is 2.96. The van der Waals surface area contributed by atoms with E-state index in [1.807, 2.05) is 18.2 Å². The van der Waals surface area contributed by atoms with Crippen LogP contribution in [0.15, 0.2) is 24.3 Å². The molecule has 0 saturated carbocycles. The lowest BCUT2D eigenvalue weighted by Gasteiger charge is -2.19. The number of methoxy groups -OCH3 is 1. The first kappa shape index (κ1) is 15.8. The van der Waals surface area contributed by atoms with Crippen molar-refractivity contribution in [2.75, 3.05) is 26.7 Å². The summed E-state index contributed by atoms with van der Waals surface area (Å²) in [6, 6.07) is 8.03. The molecule has 1 fully saturated rings. The fraction of sp³-hybridized carbons (Fsp3) is 0.588. The predicted octanol–water partition coefficient (Wildman–Crippen LogP) is 2.16. The van der Waals surface area contributed by atoms with Crippen LogP contribution in [-0.2, 0) is 4.79 Å². The van der Waals surface area contributed by atoms with Gasteiger partial charge in [0.05, 0.1) is 13.0 Å². The van der Waals surface area contributed by atoms with Crippen LogP contribution in [0.25, 0.3) is 0 Å². The average molecular weight is 290 g/mol. The summed E-state index contributed by atoms with van der Waals surface area (Å²) in [6.45, 7) is 6.69. The SMILES string of the molecule is COc1cccc(C2CNCC2C(=O)NCCC(C)C)c1. The Morgan fingerprint density at radius 1 is 1.43 bits per heavy atom. The molecule has 1 aromatic rings. The number of rotatable bonds is 6. The molecule has 4 nitrogen and oxygen atoms in total. The molecule has 2 N–H and O–H groups in total. The minimum Gasteiger partial charge on any atom is -0.497 e. The van der Waals surface area contributed by atoms with Gasteiger partial charge in [-0.3, -0.25) is 4.79 Å². The molecule has 2 atom stereocenters. The van der Waals surface area contributed by atoms with Gasteiger partial charge in [0, 0.05) is 25.6 Å². The second-order valence-electron chi connectivity index (χ2n) is 6.12. The third-order valence-electron chi connectivity index (χ3n) is 4.09. The van der Waals surface area contributed by atoms with Crippen molar-refractivity contribution in [2.24, 2.45) is 11.8 Å². The Bertz CT molecular complexity index is 474. The molecule has 21 heavy (non-hydrogen) atoms. The van der Waals surface area contributed by atoms with Crippen molar-refractivity contribution < 1.29 is 9.53 Å². The van der Waals surface area contributed by atoms with E-state index in [9.17, 15) is 4.79 Å². The number of ether oxygens (including phenoxy) is 1. The van der Waals surface area contributed by atoms with Gasteiger partial charge in [-0.2, -0.15) is 0 Å². The molecular formula is C17H26N2O2. The summed E-state index contributed by atoms with van der Waals surface area (Å²) >= 11 is 0. The van der Waals surface area contributed by atoms with E-state index in [-0.39, 0.29) is 17.7 Å². The van der Waals surface area contributed by atoms with Gasteiger partial charge in [0.1, 0.15) is 5.75 Å². The van der Waals surface area contributed by atoms with E-state index < -0.39 is 0 Å². The number of hydrogen-bond donors (Lipinski definition) is 2. The quantitative estimate of drug-likeness (QED) is 0.844. The van der Waals surface area contributed by atoms with Crippen molar-refractivity contribution in [1.29, 1.82) is 0 Å². The van der Waals surface area contributed by atoms with E-state index in [0.717, 1.165) is 31.8 Å². The third kappa shape index (κ3) is 4.21. The molecule has 0 bridgehead atoms. The standard InChI is InChI=1S/C17H26N2O2/c1-12(2)7-8-19-17(20)16-11-18-10-15(16)13-5-4-6-14(9-13)21-3/h4-6,9,12,15-16,18H,7-8,10-11H2,1-3H3,(H,19,20). The molecule has 1 aliphatic rings. The molecule has 4 heteroatoms. The lowest BCUT2D eigenvalue weighted by Crippen LogP contribution is -2.35. The summed E-state index contributed by atoms with van der Waals surface area (Å²) < 4.78 is 5.28. The van der Waals surface area contributed by atoms with E-state index in [1.54, 1.807) is 7.11 Å². The van der Waals surface area contributed by atoms with Gasteiger partial charge in [-0.25, -0.2) is 0 Å². The van der Waals surface area contributed by atoms with Crippen molar-refractivity contribution in [2.45, 2.75) is 26.2 Å². The summed E-state index contributed by atoms with van der Waals surface area (Å²) in [5, 5.41) is 6.41. The monoisotopic (exact) mass is 290 g/mol. The van der Waals surface area contributed by atoms with Gasteiger partial charge in [-0.05, 0) is 30.0 Å². The first-order chi connectivity index (χ1) is 10.1. The number of hydrogen-bond acceptors (Lipinski definition) is 3. The summed E-state index contributed by atoms with van der Waals surface area (Å²) in [5.74, 6) is 1.84. The molecular weight excluding hydrogens is 264 g/mol. The molecule has 1 saturated heterocycles. The summed E-state index contributed by atoms with van der Waals surface area (Å²) in [6.07, 6.45) is 1.02. The third-order valence-corrected chi connectivity index (χ3v) is 4.09. The highest BCUT2D eigenvalue weighted by molar-refractivity contribution is 5.80. The molecule has 0 radical (unpaired) electrons. The molecule has 1 amide bonds. The predicted molar refractivity (Wildman–Crippen MR) is 84.6 cm³/mol. The molecule has 0 aliphatic carbocycles. The van der Waals surface area contributed by atoms with Crippen LogP contribution in [0.4, 0.5) is 0 Å². The highest BCUT2D eigenvalue weighted by Gasteiger charge is 2.33. The highest BCUT2D eigenvalue weighted by atomic mass is 16.5. The fourth-order valence-corrected chi connectivity index (χ4v) is 2.79. The first-order valence-electron chi connectivity index (χ1n) is 7.74. The molecule has 2 unspecified atom stereocenters. The Kier molecular flexibility index (Phi) is 5.62. The highest BCUT2D eigenvalue weighted by Crippen LogP contribution is 2.30. The number of amides is 1. The Morgan fingerprint density at radius 2 is 2.24 bits per heavy atom. The van der Waals surface area contributed by atoms with Gasteiger partial charge in [0.15, 0.2) is 0 Å². The van der Waals surface area contributed by atoms with Crippen LogP contribution in [0, 0.1) is 11.8 Å². The number of nitrogens with one attached hydrogen (secondary N) is 2. The van der Waals surface area contributed by atoms with Gasteiger partial charge >= 0.3 is 0 Å². The van der Waals surface area contributed by atoms with Crippen LogP contribution >= 0.6 is 0 Å². The van der Waals surface area contributed by atoms with Crippen molar-refractivity contribution in [3.05, 3.63) is 29.8 Å². The van der Waals surface area contributed by atoms with Gasteiger partial charge in [-0.1, -0.05) is 26.0 Å². The molecule has 0 aromatic heterocycles. The van der Waals surface area contributed by atoms with Crippen LogP contribution in [0.2, 0.25) is 0 Å². The lowest BCUT2D eigenvalue weighted by atomic mass is 9.88. The smallest absolute Gasteiger partial charge is 0.225 e. The maximum absolute atomic E-state index is 12.4. The fourth-order valence-electron chi connectivity index (χ4n) is 2.79. The van der Waals surface area contributed by atoms with E-state index in [4.69, 9.17) is 4.74 Å². The minimum absolute atomic E-state index is 0.00395. The second-order valence-corrected chi connectivity index (χ2v) is 6.12. The minimum atomic E-state index is 0.00395. The molecule has 0 spiro atoms. The Labute approximate surface area is 127 Å². The summed E-state index contributed by atoms with van der Waals surface area (Å²) in [5.41, 5.74) is 1.17. The summed E-state index contributed by atoms with van der Waals surface area (Å²) in [4.78, 5) is 12.4. The Morgan fingerprint density at radius 3 is 2.95 bits per heavy atom. The van der Waals surface area contributed by atoms with Crippen LogP contribution in [0.3, 0.4) is 0 Å². The lowest BCUT2D eigenvalue weighted by molar-refractivity contribution is -0.124. The Balaban J connectivity index is 2.00. The molecule has 1 aliphatic heterocycles. The first-order valence-corrected chi connectivity index (χ1v) is 7.74. The van der Waals surface area contributed by atoms with E-state index >= 15 is 0 Å². The zero-order chi connectivity index (χ0) is 15.2. The van der Waals surface area contributed by atoms with E-state index in [1.165, 1.54) is 5.56 Å². The topological polar surface area (TPSA) is 50.4 Å². The maximum Gasteiger partial charge on any atom is 0.225 e. The maximum atomic E-state index is 12.4. The summed E-state index contributed by atoms with van der Waals surface area (Å²) in [7, 11) is 1.67. The van der Waals surface area contributed by atoms with Crippen LogP contribution in [0.1, 0.15) is 31.7 Å². The van der Waals surface area contributed by atoms with Crippen molar-refractivity contribution >= 4 is 5.91 Å². The zero-order valence-corrected chi connectivity index (χ0v) is 13.2. The molecule has 2 rings (SSSR count). The molecule has 1 heterocycles. The second kappa shape index (κ2) is 7.46. The van der Waals surface area contributed by atoms with Crippen molar-refractivity contribution in [3.63, 3.8) is 0 Å². The normalized spacial score (nSPS) is 21.5. The van der Waals surface area contributed by atoms with Crippen molar-refractivity contribution in [1.82, 2.24) is 10.6 Å². The van der Waals surface area contributed by atoms with Gasteiger partial charge in [0.2, 0.25) is 5.91 Å². The zero-order valence-electron chi connectivity index (χ0n) is 13.2. The molecule has 116 valence electrons.